The van der Waals surface area contributed by atoms with E-state index in [9.17, 15) is 9.59 Å². The summed E-state index contributed by atoms with van der Waals surface area (Å²) in [5, 5.41) is 2.91. The van der Waals surface area contributed by atoms with Crippen LogP contribution < -0.4 is 5.32 Å². The summed E-state index contributed by atoms with van der Waals surface area (Å²) in [5.41, 5.74) is 0.927. The molecule has 0 bridgehead atoms. The molecule has 0 unspecified atom stereocenters. The smallest absolute Gasteiger partial charge is 0.237 e. The fraction of sp³-hybridized carbons (Fsp3) is 0.500. The molecule has 2 saturated heterocycles. The highest BCUT2D eigenvalue weighted by Gasteiger charge is 2.36. The van der Waals surface area contributed by atoms with Crippen molar-refractivity contribution >= 4 is 11.8 Å². The van der Waals surface area contributed by atoms with Gasteiger partial charge in [-0.15, -0.1) is 0 Å². The maximum atomic E-state index is 13.3. The maximum Gasteiger partial charge on any atom is 0.237 e. The first-order valence-corrected chi connectivity index (χ1v) is 10.4. The summed E-state index contributed by atoms with van der Waals surface area (Å²) in [6.07, 6.45) is 4.93. The van der Waals surface area contributed by atoms with Crippen LogP contribution in [0.25, 0.3) is 0 Å². The molecule has 2 aliphatic heterocycles. The number of hydrogen-bond donors (Lipinski definition) is 1. The zero-order chi connectivity index (χ0) is 20.2. The first-order chi connectivity index (χ1) is 14.1. The summed E-state index contributed by atoms with van der Waals surface area (Å²) in [6, 6.07) is 9.20. The van der Waals surface area contributed by atoms with Crippen LogP contribution in [0.5, 0.6) is 0 Å². The number of nitrogens with zero attached hydrogens (tertiary/aromatic N) is 3. The maximum absolute atomic E-state index is 13.3. The number of piperidine rings is 1. The number of hydrogen-bond acceptors (Lipinski definition) is 5. The van der Waals surface area contributed by atoms with Gasteiger partial charge < -0.3 is 14.6 Å². The average molecular weight is 396 g/mol. The predicted molar refractivity (Wildman–Crippen MR) is 108 cm³/mol. The van der Waals surface area contributed by atoms with Gasteiger partial charge in [-0.3, -0.25) is 19.5 Å². The lowest BCUT2D eigenvalue weighted by atomic mass is 9.97. The second-order valence-electron chi connectivity index (χ2n) is 7.85. The van der Waals surface area contributed by atoms with Gasteiger partial charge in [0.1, 0.15) is 11.5 Å². The highest BCUT2D eigenvalue weighted by molar-refractivity contribution is 5.89. The molecule has 2 fully saturated rings. The minimum atomic E-state index is -0.479. The zero-order valence-corrected chi connectivity index (χ0v) is 16.8. The van der Waals surface area contributed by atoms with Gasteiger partial charge in [0.2, 0.25) is 11.8 Å². The van der Waals surface area contributed by atoms with E-state index in [-0.39, 0.29) is 24.3 Å². The number of carbonyl (C=O) groups is 2. The van der Waals surface area contributed by atoms with E-state index >= 15 is 0 Å². The van der Waals surface area contributed by atoms with Crippen molar-refractivity contribution in [1.29, 1.82) is 0 Å². The molecule has 2 atom stereocenters. The molecule has 7 heteroatoms. The SMILES string of the molecule is Cc1ccc(CN2CCNC(=O)[C@@H]2CC(=O)N2CCCC[C@H]2c2ccccn2)o1. The Hall–Kier alpha value is -2.67. The summed E-state index contributed by atoms with van der Waals surface area (Å²) < 4.78 is 5.69. The van der Waals surface area contributed by atoms with Gasteiger partial charge in [0.25, 0.3) is 0 Å². The third-order valence-corrected chi connectivity index (χ3v) is 5.82. The number of nitrogens with one attached hydrogen (secondary N) is 1. The van der Waals surface area contributed by atoms with Gasteiger partial charge in [-0.1, -0.05) is 6.07 Å². The van der Waals surface area contributed by atoms with Gasteiger partial charge >= 0.3 is 0 Å². The van der Waals surface area contributed by atoms with E-state index in [2.05, 4.69) is 15.2 Å². The minimum Gasteiger partial charge on any atom is -0.465 e. The number of pyridine rings is 1. The van der Waals surface area contributed by atoms with Crippen LogP contribution in [0, 0.1) is 6.92 Å². The Morgan fingerprint density at radius 2 is 2.14 bits per heavy atom. The van der Waals surface area contributed by atoms with Crippen molar-refractivity contribution in [3.05, 3.63) is 53.7 Å². The Labute approximate surface area is 171 Å². The molecule has 1 N–H and O–H groups in total. The predicted octanol–water partition coefficient (Wildman–Crippen LogP) is 2.43. The normalized spacial score (nSPS) is 23.1. The molecule has 0 spiro atoms. The summed E-state index contributed by atoms with van der Waals surface area (Å²) in [5.74, 6) is 1.60. The second-order valence-corrected chi connectivity index (χ2v) is 7.85. The Balaban J connectivity index is 1.48. The van der Waals surface area contributed by atoms with E-state index in [1.807, 2.05) is 42.2 Å². The van der Waals surface area contributed by atoms with Crippen molar-refractivity contribution in [2.45, 2.75) is 51.2 Å². The Bertz CT molecular complexity index is 851. The van der Waals surface area contributed by atoms with Gasteiger partial charge in [0.05, 0.1) is 30.7 Å². The van der Waals surface area contributed by atoms with Crippen LogP contribution >= 0.6 is 0 Å². The number of aromatic nitrogens is 1. The van der Waals surface area contributed by atoms with Gasteiger partial charge in [-0.2, -0.15) is 0 Å². The number of aryl methyl sites for hydroxylation is 1. The van der Waals surface area contributed by atoms with E-state index in [0.29, 0.717) is 26.2 Å². The molecule has 0 saturated carbocycles. The monoisotopic (exact) mass is 396 g/mol. The van der Waals surface area contributed by atoms with Crippen LogP contribution in [0.15, 0.2) is 40.9 Å². The van der Waals surface area contributed by atoms with Gasteiger partial charge in [-0.05, 0) is 50.5 Å². The van der Waals surface area contributed by atoms with Crippen molar-refractivity contribution in [3.8, 4) is 0 Å². The Kier molecular flexibility index (Phi) is 5.94. The average Bonchev–Trinajstić information content (AvgIpc) is 3.16. The third kappa shape index (κ3) is 4.50. The molecule has 4 heterocycles. The van der Waals surface area contributed by atoms with Crippen molar-refractivity contribution in [3.63, 3.8) is 0 Å². The van der Waals surface area contributed by atoms with Crippen LogP contribution in [-0.2, 0) is 16.1 Å². The van der Waals surface area contributed by atoms with Crippen LogP contribution in [0.3, 0.4) is 0 Å². The van der Waals surface area contributed by atoms with Crippen LogP contribution in [0.4, 0.5) is 0 Å². The van der Waals surface area contributed by atoms with Crippen molar-refractivity contribution < 1.29 is 14.0 Å². The quantitative estimate of drug-likeness (QED) is 0.840. The summed E-state index contributed by atoms with van der Waals surface area (Å²) >= 11 is 0. The number of likely N-dealkylation sites (tertiary alicyclic amines) is 1. The highest BCUT2D eigenvalue weighted by Crippen LogP contribution is 2.30. The molecule has 2 aromatic heterocycles. The number of rotatable bonds is 5. The van der Waals surface area contributed by atoms with E-state index in [4.69, 9.17) is 4.42 Å². The first-order valence-electron chi connectivity index (χ1n) is 10.4. The van der Waals surface area contributed by atoms with Gasteiger partial charge in [0, 0.05) is 25.8 Å². The molecular weight excluding hydrogens is 368 g/mol. The molecule has 2 aromatic rings. The molecule has 0 aromatic carbocycles. The number of furan rings is 1. The molecule has 2 amide bonds. The number of amides is 2. The lowest BCUT2D eigenvalue weighted by molar-refractivity contribution is -0.141. The van der Waals surface area contributed by atoms with E-state index in [0.717, 1.165) is 36.5 Å². The lowest BCUT2D eigenvalue weighted by Crippen LogP contribution is -2.56. The summed E-state index contributed by atoms with van der Waals surface area (Å²) in [7, 11) is 0. The number of piperazine rings is 1. The van der Waals surface area contributed by atoms with Crippen LogP contribution in [-0.4, -0.2) is 52.3 Å². The third-order valence-electron chi connectivity index (χ3n) is 5.82. The number of carbonyl (C=O) groups excluding carboxylic acids is 2. The molecule has 4 rings (SSSR count). The lowest BCUT2D eigenvalue weighted by Gasteiger charge is -2.38. The molecule has 2 aliphatic rings. The zero-order valence-electron chi connectivity index (χ0n) is 16.8. The standard InChI is InChI=1S/C22H28N4O3/c1-16-8-9-17(29-16)15-25-13-11-24-22(28)20(25)14-21(27)26-12-5-3-7-19(26)18-6-2-4-10-23-18/h2,4,6,8-10,19-20H,3,5,7,11-15H2,1H3,(H,24,28)/t19-,20-/m0/s1. The fourth-order valence-electron chi connectivity index (χ4n) is 4.34. The molecule has 154 valence electrons. The molecule has 0 radical (unpaired) electrons. The molecular formula is C22H28N4O3. The fourth-order valence-corrected chi connectivity index (χ4v) is 4.34. The topological polar surface area (TPSA) is 78.7 Å². The van der Waals surface area contributed by atoms with Crippen molar-refractivity contribution in [2.75, 3.05) is 19.6 Å². The Morgan fingerprint density at radius 1 is 1.24 bits per heavy atom. The summed E-state index contributed by atoms with van der Waals surface area (Å²) in [6.45, 7) is 4.44. The largest absolute Gasteiger partial charge is 0.465 e. The van der Waals surface area contributed by atoms with Gasteiger partial charge in [0.15, 0.2) is 0 Å². The minimum absolute atomic E-state index is 0.00900. The van der Waals surface area contributed by atoms with Gasteiger partial charge in [-0.25, -0.2) is 0 Å². The van der Waals surface area contributed by atoms with Crippen LogP contribution in [0.1, 0.15) is 48.9 Å². The highest BCUT2D eigenvalue weighted by atomic mass is 16.3. The van der Waals surface area contributed by atoms with E-state index < -0.39 is 6.04 Å². The van der Waals surface area contributed by atoms with E-state index in [1.54, 1.807) is 6.20 Å². The second kappa shape index (κ2) is 8.78. The van der Waals surface area contributed by atoms with Crippen LogP contribution in [0.2, 0.25) is 0 Å². The molecule has 29 heavy (non-hydrogen) atoms. The van der Waals surface area contributed by atoms with Crippen molar-refractivity contribution in [1.82, 2.24) is 20.1 Å². The molecule has 0 aliphatic carbocycles. The summed E-state index contributed by atoms with van der Waals surface area (Å²) in [4.78, 5) is 34.3. The van der Waals surface area contributed by atoms with Crippen molar-refractivity contribution in [2.24, 2.45) is 0 Å². The molecule has 7 nitrogen and oxygen atoms in total. The van der Waals surface area contributed by atoms with E-state index in [1.165, 1.54) is 0 Å². The Morgan fingerprint density at radius 3 is 2.90 bits per heavy atom. The first kappa shape index (κ1) is 19.6.